The Morgan fingerprint density at radius 2 is 1.07 bits per heavy atom. The Kier molecular flexibility index (Phi) is 27.8. The second-order valence-electron chi connectivity index (χ2n) is 12.6. The van der Waals surface area contributed by atoms with Crippen LogP contribution in [0.1, 0.15) is 154 Å². The summed E-state index contributed by atoms with van der Waals surface area (Å²) in [6.45, 7) is 4.74. The first kappa shape index (κ1) is 41.7. The molecule has 0 saturated carbocycles. The minimum absolute atomic E-state index is 0.130. The molecule has 0 bridgehead atoms. The minimum Gasteiger partial charge on any atom is -0.497 e. The minimum atomic E-state index is -0.248. The Balaban J connectivity index is 0.000000609. The van der Waals surface area contributed by atoms with Gasteiger partial charge < -0.3 is 9.47 Å². The van der Waals surface area contributed by atoms with Crippen LogP contribution in [0.2, 0.25) is 0 Å². The molecule has 5 heteroatoms. The van der Waals surface area contributed by atoms with Gasteiger partial charge in [-0.15, -0.1) is 0 Å². The van der Waals surface area contributed by atoms with Crippen molar-refractivity contribution in [3.63, 3.8) is 0 Å². The highest BCUT2D eigenvalue weighted by molar-refractivity contribution is 7.98. The summed E-state index contributed by atoms with van der Waals surface area (Å²) in [5.74, 6) is 3.13. The number of carbonyl (C=O) groups excluding carboxylic acids is 1. The molecule has 45 heavy (non-hydrogen) atoms. The summed E-state index contributed by atoms with van der Waals surface area (Å²) in [7, 11) is 1.67. The van der Waals surface area contributed by atoms with Crippen molar-refractivity contribution in [2.24, 2.45) is 0 Å². The molecule has 2 aromatic carbocycles. The molecule has 0 spiro atoms. The van der Waals surface area contributed by atoms with Gasteiger partial charge in [-0.3, -0.25) is 4.79 Å². The highest BCUT2D eigenvalue weighted by Gasteiger charge is 2.17. The van der Waals surface area contributed by atoms with Crippen molar-refractivity contribution in [2.75, 3.05) is 37.7 Å². The molecular formula is C40H68O3S2. The van der Waals surface area contributed by atoms with E-state index in [0.29, 0.717) is 6.61 Å². The molecule has 1 atom stereocenters. The largest absolute Gasteiger partial charge is 0.497 e. The molecule has 0 aliphatic rings. The summed E-state index contributed by atoms with van der Waals surface area (Å²) in [6, 6.07) is 12.1. The number of unbranched alkanes of at least 4 members (excludes halogenated alkanes) is 18. The fourth-order valence-electron chi connectivity index (χ4n) is 5.57. The Hall–Kier alpha value is -1.33. The lowest BCUT2D eigenvalue weighted by atomic mass is 9.98. The molecule has 0 radical (unpaired) electrons. The molecule has 2 aromatic rings. The van der Waals surface area contributed by atoms with Gasteiger partial charge in [-0.25, -0.2) is 0 Å². The van der Waals surface area contributed by atoms with Crippen molar-refractivity contribution >= 4 is 40.3 Å². The van der Waals surface area contributed by atoms with E-state index < -0.39 is 0 Å². The number of hydrogen-bond acceptors (Lipinski definition) is 5. The second kappa shape index (κ2) is 30.0. The predicted octanol–water partition coefficient (Wildman–Crippen LogP) is 13.0. The van der Waals surface area contributed by atoms with Crippen molar-refractivity contribution < 1.29 is 14.3 Å². The summed E-state index contributed by atoms with van der Waals surface area (Å²) >= 11 is 3.93. The van der Waals surface area contributed by atoms with Crippen molar-refractivity contribution in [1.82, 2.24) is 0 Å². The third-order valence-electron chi connectivity index (χ3n) is 8.61. The molecular weight excluding hydrogens is 593 g/mol. The Bertz CT molecular complexity index is 952. The van der Waals surface area contributed by atoms with Crippen molar-refractivity contribution in [3.05, 3.63) is 42.0 Å². The van der Waals surface area contributed by atoms with E-state index in [1.54, 1.807) is 7.11 Å². The maximum absolute atomic E-state index is 12.4. The number of methoxy groups -OCH3 is 1. The quantitative estimate of drug-likeness (QED) is 0.0704. The van der Waals surface area contributed by atoms with Gasteiger partial charge in [-0.2, -0.15) is 23.5 Å². The maximum atomic E-state index is 12.4. The van der Waals surface area contributed by atoms with Gasteiger partial charge >= 0.3 is 5.97 Å². The van der Waals surface area contributed by atoms with E-state index in [1.807, 2.05) is 60.8 Å². The third-order valence-corrected chi connectivity index (χ3v) is 10.0. The van der Waals surface area contributed by atoms with Gasteiger partial charge in [0.25, 0.3) is 0 Å². The number of benzene rings is 2. The van der Waals surface area contributed by atoms with E-state index in [1.165, 1.54) is 127 Å². The summed E-state index contributed by atoms with van der Waals surface area (Å²) < 4.78 is 10.8. The van der Waals surface area contributed by atoms with Crippen molar-refractivity contribution in [1.29, 1.82) is 0 Å². The van der Waals surface area contributed by atoms with Crippen molar-refractivity contribution in [3.8, 4) is 5.75 Å². The lowest BCUT2D eigenvalue weighted by molar-refractivity contribution is -0.145. The van der Waals surface area contributed by atoms with Crippen molar-refractivity contribution in [2.45, 2.75) is 148 Å². The average Bonchev–Trinajstić information content (AvgIpc) is 3.07. The molecule has 0 N–H and O–H groups in total. The molecule has 0 fully saturated rings. The molecule has 0 amide bonds. The summed E-state index contributed by atoms with van der Waals surface area (Å²) in [4.78, 5) is 12.4. The van der Waals surface area contributed by atoms with Crippen LogP contribution in [0.25, 0.3) is 10.8 Å². The molecule has 0 unspecified atom stereocenters. The molecule has 0 aromatic heterocycles. The van der Waals surface area contributed by atoms with Gasteiger partial charge in [-0.05, 0) is 78.7 Å². The van der Waals surface area contributed by atoms with Crippen LogP contribution in [0.15, 0.2) is 36.4 Å². The van der Waals surface area contributed by atoms with E-state index in [0.717, 1.165) is 34.9 Å². The Morgan fingerprint density at radius 3 is 1.56 bits per heavy atom. The van der Waals surface area contributed by atoms with E-state index >= 15 is 0 Å². The SMILES string of the molecule is CCCCCCCCCCCCSC.COc1ccc2cc([C@H](C)C(=O)OCCCCCCCCCCCCSC)ccc2c1. The highest BCUT2D eigenvalue weighted by atomic mass is 32.2. The zero-order chi connectivity index (χ0) is 32.8. The van der Waals surface area contributed by atoms with Gasteiger partial charge in [0, 0.05) is 0 Å². The Morgan fingerprint density at radius 1 is 0.622 bits per heavy atom. The molecule has 0 heterocycles. The van der Waals surface area contributed by atoms with Crippen LogP contribution in [0.5, 0.6) is 5.75 Å². The van der Waals surface area contributed by atoms with E-state index in [4.69, 9.17) is 9.47 Å². The topological polar surface area (TPSA) is 35.5 Å². The maximum Gasteiger partial charge on any atom is 0.313 e. The molecule has 2 rings (SSSR count). The van der Waals surface area contributed by atoms with Crippen LogP contribution in [-0.2, 0) is 9.53 Å². The zero-order valence-electron chi connectivity index (χ0n) is 29.8. The Labute approximate surface area is 287 Å². The average molecular weight is 661 g/mol. The molecule has 3 nitrogen and oxygen atoms in total. The normalized spacial score (nSPS) is 11.7. The van der Waals surface area contributed by atoms with Crippen LogP contribution < -0.4 is 4.74 Å². The van der Waals surface area contributed by atoms with Gasteiger partial charge in [0.2, 0.25) is 0 Å². The molecule has 0 saturated heterocycles. The number of fused-ring (bicyclic) bond motifs is 1. The number of ether oxygens (including phenoxy) is 2. The van der Waals surface area contributed by atoms with Crippen LogP contribution in [0.3, 0.4) is 0 Å². The van der Waals surface area contributed by atoms with Crippen LogP contribution in [0, 0.1) is 0 Å². The van der Waals surface area contributed by atoms with E-state index in [-0.39, 0.29) is 11.9 Å². The summed E-state index contributed by atoms with van der Waals surface area (Å²) in [5.41, 5.74) is 0.996. The fourth-order valence-corrected chi connectivity index (χ4v) is 6.55. The second-order valence-corrected chi connectivity index (χ2v) is 14.5. The molecule has 0 aliphatic carbocycles. The van der Waals surface area contributed by atoms with Crippen LogP contribution in [0.4, 0.5) is 0 Å². The number of esters is 1. The van der Waals surface area contributed by atoms with Gasteiger partial charge in [0.1, 0.15) is 5.75 Å². The van der Waals surface area contributed by atoms with Gasteiger partial charge in [-0.1, -0.05) is 140 Å². The van der Waals surface area contributed by atoms with E-state index in [9.17, 15) is 4.79 Å². The predicted molar refractivity (Wildman–Crippen MR) is 205 cm³/mol. The number of hydrogen-bond donors (Lipinski definition) is 0. The first-order valence-electron chi connectivity index (χ1n) is 18.3. The lowest BCUT2D eigenvalue weighted by Crippen LogP contribution is -2.14. The number of thioether (sulfide) groups is 2. The van der Waals surface area contributed by atoms with Crippen LogP contribution >= 0.6 is 23.5 Å². The lowest BCUT2D eigenvalue weighted by Gasteiger charge is -2.13. The standard InChI is InChI=1S/C27H40O3S.C13H28S/c1-22(23-14-15-25-21-26(29-2)17-16-24(25)20-23)27(28)30-18-12-10-8-6-4-5-7-9-11-13-19-31-3;1-3-4-5-6-7-8-9-10-11-12-13-14-2/h14-17,20-22H,4-13,18-19H2,1-3H3;3-13H2,1-2H3/t22-;/m0./s1. The molecule has 258 valence electrons. The van der Waals surface area contributed by atoms with Gasteiger partial charge in [0.15, 0.2) is 0 Å². The summed E-state index contributed by atoms with van der Waals surface area (Å²) in [5, 5.41) is 2.22. The fraction of sp³-hybridized carbons (Fsp3) is 0.725. The first-order valence-corrected chi connectivity index (χ1v) is 21.1. The van der Waals surface area contributed by atoms with E-state index in [2.05, 4.69) is 25.5 Å². The smallest absolute Gasteiger partial charge is 0.313 e. The third kappa shape index (κ3) is 22.0. The van der Waals surface area contributed by atoms with Gasteiger partial charge in [0.05, 0.1) is 19.6 Å². The number of carbonyl (C=O) groups is 1. The zero-order valence-corrected chi connectivity index (χ0v) is 31.5. The monoisotopic (exact) mass is 660 g/mol. The molecule has 0 aliphatic heterocycles. The van der Waals surface area contributed by atoms with Crippen LogP contribution in [-0.4, -0.2) is 43.7 Å². The first-order chi connectivity index (χ1) is 22.1. The highest BCUT2D eigenvalue weighted by Crippen LogP contribution is 2.26. The number of rotatable bonds is 27. The summed E-state index contributed by atoms with van der Waals surface area (Å²) in [6.07, 6.45) is 31.8.